The number of thiophene rings is 1. The van der Waals surface area contributed by atoms with Gasteiger partial charge in [0.15, 0.2) is 0 Å². The first-order chi connectivity index (χ1) is 13.6. The highest BCUT2D eigenvalue weighted by molar-refractivity contribution is 7.20. The Labute approximate surface area is 168 Å². The second-order valence-corrected chi connectivity index (χ2v) is 8.16. The molecule has 0 aliphatic heterocycles. The fourth-order valence-corrected chi connectivity index (χ4v) is 4.48. The number of benzene rings is 1. The average Bonchev–Trinajstić information content (AvgIpc) is 3.43. The lowest BCUT2D eigenvalue weighted by Gasteiger charge is -2.13. The SMILES string of the molecule is Cc1nc(C2CC2)nc2sc(C(=O)NCc3ccc(F)cc3C(F)(F)F)c(C)c12. The second-order valence-electron chi connectivity index (χ2n) is 7.16. The molecule has 1 N–H and O–H groups in total. The zero-order chi connectivity index (χ0) is 20.9. The highest BCUT2D eigenvalue weighted by Gasteiger charge is 2.34. The Morgan fingerprint density at radius 3 is 2.62 bits per heavy atom. The maximum absolute atomic E-state index is 13.2. The Hall–Kier alpha value is -2.55. The largest absolute Gasteiger partial charge is 0.416 e. The molecule has 4 rings (SSSR count). The van der Waals surface area contributed by atoms with Crippen LogP contribution in [0.4, 0.5) is 17.6 Å². The molecule has 1 aliphatic rings. The number of hydrogen-bond acceptors (Lipinski definition) is 4. The number of aryl methyl sites for hydroxylation is 2. The van der Waals surface area contributed by atoms with Crippen LogP contribution in [0.1, 0.15) is 56.6 Å². The third-order valence-electron chi connectivity index (χ3n) is 4.95. The van der Waals surface area contributed by atoms with Gasteiger partial charge in [-0.3, -0.25) is 4.79 Å². The summed E-state index contributed by atoms with van der Waals surface area (Å²) in [5, 5.41) is 3.33. The number of alkyl halides is 3. The summed E-state index contributed by atoms with van der Waals surface area (Å²) in [5.41, 5.74) is 0.208. The fourth-order valence-electron chi connectivity index (χ4n) is 3.32. The van der Waals surface area contributed by atoms with Gasteiger partial charge in [0.2, 0.25) is 0 Å². The molecule has 3 aromatic rings. The van der Waals surface area contributed by atoms with Crippen molar-refractivity contribution < 1.29 is 22.4 Å². The summed E-state index contributed by atoms with van der Waals surface area (Å²) in [4.78, 5) is 22.9. The molecule has 1 amide bonds. The van der Waals surface area contributed by atoms with Crippen LogP contribution in [0.3, 0.4) is 0 Å². The Morgan fingerprint density at radius 1 is 1.24 bits per heavy atom. The van der Waals surface area contributed by atoms with Gasteiger partial charge in [-0.05, 0) is 49.9 Å². The molecule has 1 saturated carbocycles. The van der Waals surface area contributed by atoms with Gasteiger partial charge in [-0.1, -0.05) is 6.07 Å². The number of hydrogen-bond donors (Lipinski definition) is 1. The van der Waals surface area contributed by atoms with Crippen molar-refractivity contribution in [2.45, 2.75) is 45.3 Å². The van der Waals surface area contributed by atoms with E-state index in [0.29, 0.717) is 27.3 Å². The molecule has 0 saturated heterocycles. The summed E-state index contributed by atoms with van der Waals surface area (Å²) in [7, 11) is 0. The van der Waals surface area contributed by atoms with Crippen molar-refractivity contribution in [3.05, 3.63) is 57.1 Å². The van der Waals surface area contributed by atoms with Gasteiger partial charge in [0.25, 0.3) is 5.91 Å². The monoisotopic (exact) mass is 423 g/mol. The summed E-state index contributed by atoms with van der Waals surface area (Å²) in [6.45, 7) is 3.28. The standard InChI is InChI=1S/C20H17F4N3OS/c1-9-15-10(2)26-17(11-3-4-11)27-19(15)29-16(9)18(28)25-8-12-5-6-13(21)7-14(12)20(22,23)24/h5-7,11H,3-4,8H2,1-2H3,(H,25,28). The van der Waals surface area contributed by atoms with Crippen molar-refractivity contribution >= 4 is 27.5 Å². The number of fused-ring (bicyclic) bond motifs is 1. The van der Waals surface area contributed by atoms with Gasteiger partial charge in [-0.25, -0.2) is 14.4 Å². The van der Waals surface area contributed by atoms with Crippen LogP contribution in [-0.4, -0.2) is 15.9 Å². The molecule has 1 aromatic carbocycles. The van der Waals surface area contributed by atoms with Crippen LogP contribution in [0.5, 0.6) is 0 Å². The molecule has 2 heterocycles. The van der Waals surface area contributed by atoms with E-state index in [4.69, 9.17) is 0 Å². The number of rotatable bonds is 4. The number of halogens is 4. The van der Waals surface area contributed by atoms with Gasteiger partial charge in [-0.15, -0.1) is 11.3 Å². The number of carbonyl (C=O) groups excluding carboxylic acids is 1. The van der Waals surface area contributed by atoms with Crippen LogP contribution in [0.2, 0.25) is 0 Å². The van der Waals surface area contributed by atoms with Crippen molar-refractivity contribution in [1.29, 1.82) is 0 Å². The zero-order valence-electron chi connectivity index (χ0n) is 15.7. The molecule has 152 valence electrons. The molecule has 2 aromatic heterocycles. The third kappa shape index (κ3) is 3.83. The zero-order valence-corrected chi connectivity index (χ0v) is 16.5. The van der Waals surface area contributed by atoms with Crippen LogP contribution >= 0.6 is 11.3 Å². The van der Waals surface area contributed by atoms with E-state index in [1.165, 1.54) is 11.3 Å². The molecule has 1 fully saturated rings. The van der Waals surface area contributed by atoms with Gasteiger partial charge in [0.1, 0.15) is 16.5 Å². The normalized spacial score (nSPS) is 14.4. The minimum Gasteiger partial charge on any atom is -0.347 e. The molecule has 1 aliphatic carbocycles. The number of carbonyl (C=O) groups is 1. The van der Waals surface area contributed by atoms with E-state index < -0.39 is 23.5 Å². The number of aromatic nitrogens is 2. The van der Waals surface area contributed by atoms with Crippen molar-refractivity contribution in [3.8, 4) is 0 Å². The molecule has 9 heteroatoms. The van der Waals surface area contributed by atoms with Crippen molar-refractivity contribution in [2.24, 2.45) is 0 Å². The molecular formula is C20H17F4N3OS. The summed E-state index contributed by atoms with van der Waals surface area (Å²) in [5.74, 6) is -0.315. The van der Waals surface area contributed by atoms with Crippen LogP contribution < -0.4 is 5.32 Å². The van der Waals surface area contributed by atoms with Crippen LogP contribution in [0.25, 0.3) is 10.2 Å². The van der Waals surface area contributed by atoms with Crippen LogP contribution in [0, 0.1) is 19.7 Å². The smallest absolute Gasteiger partial charge is 0.347 e. The molecule has 0 bridgehead atoms. The molecular weight excluding hydrogens is 406 g/mol. The van der Waals surface area contributed by atoms with Crippen molar-refractivity contribution in [1.82, 2.24) is 15.3 Å². The second kappa shape index (κ2) is 7.05. The van der Waals surface area contributed by atoms with E-state index in [-0.39, 0.29) is 12.1 Å². The number of amides is 1. The number of nitrogens with zero attached hydrogens (tertiary/aromatic N) is 2. The van der Waals surface area contributed by atoms with E-state index in [1.807, 2.05) is 6.92 Å². The minimum atomic E-state index is -4.71. The molecule has 0 spiro atoms. The van der Waals surface area contributed by atoms with Gasteiger partial charge in [-0.2, -0.15) is 13.2 Å². The molecule has 0 atom stereocenters. The maximum atomic E-state index is 13.2. The summed E-state index contributed by atoms with van der Waals surface area (Å²) < 4.78 is 52.7. The first-order valence-electron chi connectivity index (χ1n) is 9.06. The first-order valence-corrected chi connectivity index (χ1v) is 9.88. The van der Waals surface area contributed by atoms with Crippen LogP contribution in [-0.2, 0) is 12.7 Å². The third-order valence-corrected chi connectivity index (χ3v) is 6.14. The van der Waals surface area contributed by atoms with E-state index in [2.05, 4.69) is 15.3 Å². The Balaban J connectivity index is 1.60. The van der Waals surface area contributed by atoms with E-state index in [1.54, 1.807) is 6.92 Å². The quantitative estimate of drug-likeness (QED) is 0.582. The van der Waals surface area contributed by atoms with E-state index in [0.717, 1.165) is 41.9 Å². The average molecular weight is 423 g/mol. The van der Waals surface area contributed by atoms with E-state index in [9.17, 15) is 22.4 Å². The molecule has 4 nitrogen and oxygen atoms in total. The molecule has 0 unspecified atom stereocenters. The minimum absolute atomic E-state index is 0.196. The van der Waals surface area contributed by atoms with Crippen molar-refractivity contribution in [3.63, 3.8) is 0 Å². The van der Waals surface area contributed by atoms with Crippen molar-refractivity contribution in [2.75, 3.05) is 0 Å². The lowest BCUT2D eigenvalue weighted by atomic mass is 10.1. The van der Waals surface area contributed by atoms with E-state index >= 15 is 0 Å². The topological polar surface area (TPSA) is 54.9 Å². The van der Waals surface area contributed by atoms with Crippen LogP contribution in [0.15, 0.2) is 18.2 Å². The van der Waals surface area contributed by atoms with Gasteiger partial charge < -0.3 is 5.32 Å². The highest BCUT2D eigenvalue weighted by atomic mass is 32.1. The Bertz CT molecular complexity index is 1120. The van der Waals surface area contributed by atoms with Gasteiger partial charge >= 0.3 is 6.18 Å². The summed E-state index contributed by atoms with van der Waals surface area (Å²) in [6, 6.07) is 2.41. The predicted octanol–water partition coefficient (Wildman–Crippen LogP) is 5.27. The molecule has 29 heavy (non-hydrogen) atoms. The summed E-state index contributed by atoms with van der Waals surface area (Å²) in [6.07, 6.45) is -2.59. The number of nitrogens with one attached hydrogen (secondary N) is 1. The Morgan fingerprint density at radius 2 is 1.97 bits per heavy atom. The maximum Gasteiger partial charge on any atom is 0.416 e. The highest BCUT2D eigenvalue weighted by Crippen LogP contribution is 2.40. The lowest BCUT2D eigenvalue weighted by Crippen LogP contribution is -2.24. The van der Waals surface area contributed by atoms with Gasteiger partial charge in [0, 0.05) is 17.8 Å². The Kier molecular flexibility index (Phi) is 4.80. The van der Waals surface area contributed by atoms with Gasteiger partial charge in [0.05, 0.1) is 16.1 Å². The lowest BCUT2D eigenvalue weighted by molar-refractivity contribution is -0.138. The fraction of sp³-hybridized carbons (Fsp3) is 0.350. The predicted molar refractivity (Wildman–Crippen MR) is 101 cm³/mol. The molecule has 0 radical (unpaired) electrons. The first kappa shape index (κ1) is 19.8. The summed E-state index contributed by atoms with van der Waals surface area (Å²) >= 11 is 1.21.